The fraction of sp³-hybridized carbons (Fsp3) is 0.761. The van der Waals surface area contributed by atoms with Gasteiger partial charge in [-0.3, -0.25) is 0 Å². The molecule has 2 fully saturated rings. The fourth-order valence-electron chi connectivity index (χ4n) is 11.0. The van der Waals surface area contributed by atoms with E-state index >= 15 is 0 Å². The molecular weight excluding hydrogens is 1200 g/mol. The quantitative estimate of drug-likeness (QED) is 0.0250. The molecule has 0 bridgehead atoms. The Morgan fingerprint density at radius 3 is 1.55 bits per heavy atom. The summed E-state index contributed by atoms with van der Waals surface area (Å²) in [5.74, 6) is -1.04. The molecule has 2 saturated heterocycles. The molecule has 534 valence electrons. The summed E-state index contributed by atoms with van der Waals surface area (Å²) in [6.45, 7) is 10.1. The molecule has 2 heterocycles. The largest absolute Gasteiger partial charge is 0.394 e. The van der Waals surface area contributed by atoms with E-state index < -0.39 is 171 Å². The molecule has 23 N–H and O–H groups in total. The molecule has 0 amide bonds. The monoisotopic (exact) mass is 1320 g/mol. The molecule has 0 radical (unpaired) electrons. The van der Waals surface area contributed by atoms with Crippen molar-refractivity contribution in [3.05, 3.63) is 97.2 Å². The third-order valence-corrected chi connectivity index (χ3v) is 17.2. The first-order chi connectivity index (χ1) is 43.4. The maximum absolute atomic E-state index is 11.2. The Bertz CT molecular complexity index is 2160. The zero-order valence-electron chi connectivity index (χ0n) is 53.6. The van der Waals surface area contributed by atoms with Crippen LogP contribution in [0.2, 0.25) is 0 Å². The molecule has 0 aliphatic carbocycles. The summed E-state index contributed by atoms with van der Waals surface area (Å²) < 4.78 is 11.6. The number of aliphatic hydroxyl groups excluding tert-OH is 23. The minimum atomic E-state index is -1.86. The lowest BCUT2D eigenvalue weighted by Crippen LogP contribution is -2.59. The van der Waals surface area contributed by atoms with Gasteiger partial charge in [-0.2, -0.15) is 0 Å². The van der Waals surface area contributed by atoms with Crippen molar-refractivity contribution < 1.29 is 127 Å². The lowest BCUT2D eigenvalue weighted by molar-refractivity contribution is -0.234. The molecule has 25 nitrogen and oxygen atoms in total. The summed E-state index contributed by atoms with van der Waals surface area (Å²) >= 11 is 0. The molecule has 27 atom stereocenters. The van der Waals surface area contributed by atoms with E-state index in [4.69, 9.17) is 14.6 Å². The number of hydrogen-bond donors (Lipinski definition) is 23. The summed E-state index contributed by atoms with van der Waals surface area (Å²) in [7, 11) is 0. The minimum absolute atomic E-state index is 0.00632. The highest BCUT2D eigenvalue weighted by molar-refractivity contribution is 5.11. The van der Waals surface area contributed by atoms with Crippen LogP contribution in [0.15, 0.2) is 97.2 Å². The van der Waals surface area contributed by atoms with E-state index in [-0.39, 0.29) is 76.4 Å². The van der Waals surface area contributed by atoms with Gasteiger partial charge in [0.05, 0.1) is 104 Å². The average Bonchev–Trinajstić information content (AvgIpc) is 1.00. The van der Waals surface area contributed by atoms with Crippen LogP contribution in [0, 0.1) is 5.92 Å². The highest BCUT2D eigenvalue weighted by Gasteiger charge is 2.47. The lowest BCUT2D eigenvalue weighted by Gasteiger charge is -2.42. The van der Waals surface area contributed by atoms with Crippen LogP contribution in [-0.2, 0) is 9.47 Å². The average molecular weight is 1320 g/mol. The first-order valence-electron chi connectivity index (χ1n) is 32.6. The standard InChI is InChI=1S/C67H116O25/c1-5-6-17-42(69)18-7-8-19-44(71)23-12-14-29-51(78)61(86)66-64(89)55(82)37-57(92-66)65(90)58(83)40(3)31-33-49(76)56-36-54(81)63(88)67(91-56)62(87)52(79)34-39(2)30-32-47(74)35-53(80)60(85)41(4)59(84)50(77)28-13-11-22-43(70)20-9-10-21-45(72)24-15-25-46(73)26-16-27-48(75)38-68/h5,7-11,13-14,18-19,29,34,41-90H,1,3,6,12,15-17,20-28,30-33,35-38H2,2,4H3/b10-9+,13-11+,18-7+,19-8+,29-14+,39-34+. The third-order valence-electron chi connectivity index (χ3n) is 17.2. The molecule has 0 aromatic carbocycles. The van der Waals surface area contributed by atoms with Crippen molar-refractivity contribution in [2.75, 3.05) is 6.61 Å². The number of rotatable bonds is 48. The van der Waals surface area contributed by atoms with Crippen LogP contribution < -0.4 is 0 Å². The van der Waals surface area contributed by atoms with Crippen LogP contribution in [0.5, 0.6) is 0 Å². The van der Waals surface area contributed by atoms with Crippen molar-refractivity contribution in [3.8, 4) is 0 Å². The molecule has 27 unspecified atom stereocenters. The van der Waals surface area contributed by atoms with Gasteiger partial charge < -0.3 is 127 Å². The van der Waals surface area contributed by atoms with Crippen molar-refractivity contribution in [3.63, 3.8) is 0 Å². The Morgan fingerprint density at radius 1 is 0.500 bits per heavy atom. The maximum Gasteiger partial charge on any atom is 0.115 e. The van der Waals surface area contributed by atoms with Gasteiger partial charge in [-0.15, -0.1) is 6.58 Å². The normalized spacial score (nSPS) is 27.6. The maximum atomic E-state index is 11.2. The summed E-state index contributed by atoms with van der Waals surface area (Å²) in [4.78, 5) is 0. The number of allylic oxidation sites excluding steroid dienone is 5. The first kappa shape index (κ1) is 85.0. The zero-order chi connectivity index (χ0) is 69.2. The van der Waals surface area contributed by atoms with E-state index in [1.807, 2.05) is 0 Å². The van der Waals surface area contributed by atoms with Crippen molar-refractivity contribution in [1.29, 1.82) is 0 Å². The summed E-state index contributed by atoms with van der Waals surface area (Å²) in [5.41, 5.74) is 0.413. The Labute approximate surface area is 542 Å². The molecule has 25 heteroatoms. The minimum Gasteiger partial charge on any atom is -0.394 e. The van der Waals surface area contributed by atoms with Crippen LogP contribution in [0.1, 0.15) is 149 Å². The van der Waals surface area contributed by atoms with Gasteiger partial charge in [0.15, 0.2) is 0 Å². The van der Waals surface area contributed by atoms with Gasteiger partial charge >= 0.3 is 0 Å². The van der Waals surface area contributed by atoms with Gasteiger partial charge in [0.25, 0.3) is 0 Å². The number of ether oxygens (including phenoxy) is 2. The van der Waals surface area contributed by atoms with Gasteiger partial charge in [0.1, 0.15) is 61.0 Å². The predicted octanol–water partition coefficient (Wildman–Crippen LogP) is -1.25. The van der Waals surface area contributed by atoms with E-state index in [1.54, 1.807) is 55.5 Å². The Kier molecular flexibility index (Phi) is 42.7. The number of hydrogen-bond acceptors (Lipinski definition) is 25. The van der Waals surface area contributed by atoms with Crippen LogP contribution in [0.25, 0.3) is 0 Å². The highest BCUT2D eigenvalue weighted by Crippen LogP contribution is 2.32. The van der Waals surface area contributed by atoms with Crippen molar-refractivity contribution >= 4 is 0 Å². The van der Waals surface area contributed by atoms with Gasteiger partial charge in [0, 0.05) is 25.2 Å². The Balaban J connectivity index is 1.82. The predicted molar refractivity (Wildman–Crippen MR) is 341 cm³/mol. The highest BCUT2D eigenvalue weighted by atomic mass is 16.6. The molecule has 2 rings (SSSR count). The van der Waals surface area contributed by atoms with E-state index in [0.29, 0.717) is 69.8 Å². The van der Waals surface area contributed by atoms with Crippen LogP contribution in [0.3, 0.4) is 0 Å². The van der Waals surface area contributed by atoms with Gasteiger partial charge in [-0.1, -0.05) is 92.0 Å². The van der Waals surface area contributed by atoms with Gasteiger partial charge in [-0.25, -0.2) is 0 Å². The number of aliphatic hydroxyl groups is 23. The second-order valence-electron chi connectivity index (χ2n) is 25.3. The molecule has 0 spiro atoms. The van der Waals surface area contributed by atoms with Gasteiger partial charge in [-0.05, 0) is 128 Å². The fourth-order valence-corrected chi connectivity index (χ4v) is 11.0. The molecule has 92 heavy (non-hydrogen) atoms. The van der Waals surface area contributed by atoms with Crippen LogP contribution >= 0.6 is 0 Å². The molecule has 0 aromatic heterocycles. The molecule has 0 aromatic rings. The van der Waals surface area contributed by atoms with Crippen LogP contribution in [0.4, 0.5) is 0 Å². The molecule has 2 aliphatic heterocycles. The van der Waals surface area contributed by atoms with Gasteiger partial charge in [0.2, 0.25) is 0 Å². The lowest BCUT2D eigenvalue weighted by atomic mass is 9.86. The molecule has 0 saturated carbocycles. The summed E-state index contributed by atoms with van der Waals surface area (Å²) in [6.07, 6.45) is -12.7. The zero-order valence-corrected chi connectivity index (χ0v) is 53.6. The SMILES string of the molecule is C=CCCC(O)/C=C/C=C/C(O)CC/C=C/C(O)C(O)C1OC(C(O)C(O)C(=C)CCC(O)C2CC(O)C(O)C(C(O)C(O)/C=C(\C)CCC(O)CC(O)C(O)C(C)C(O)C(O)C/C=C/CC(O)C/C=C/CC(O)CCCC(O)CCCC(O)CO)O2)CC(O)C1O. The van der Waals surface area contributed by atoms with E-state index in [9.17, 15) is 112 Å². The smallest absolute Gasteiger partial charge is 0.115 e. The van der Waals surface area contributed by atoms with Crippen molar-refractivity contribution in [2.45, 2.75) is 307 Å². The second-order valence-corrected chi connectivity index (χ2v) is 25.3. The topological polar surface area (TPSA) is 484 Å². The Hall–Kier alpha value is -3.08. The summed E-state index contributed by atoms with van der Waals surface area (Å²) in [6, 6.07) is 0. The summed E-state index contributed by atoms with van der Waals surface area (Å²) in [5, 5.41) is 243. The van der Waals surface area contributed by atoms with E-state index in [0.717, 1.165) is 0 Å². The van der Waals surface area contributed by atoms with E-state index in [2.05, 4.69) is 13.2 Å². The van der Waals surface area contributed by atoms with Crippen molar-refractivity contribution in [2.24, 2.45) is 5.92 Å². The molecule has 2 aliphatic rings. The Morgan fingerprint density at radius 2 is 0.989 bits per heavy atom. The second kappa shape index (κ2) is 46.2. The van der Waals surface area contributed by atoms with E-state index in [1.165, 1.54) is 31.2 Å². The molecular formula is C67H116O25. The van der Waals surface area contributed by atoms with Crippen molar-refractivity contribution in [1.82, 2.24) is 0 Å². The third kappa shape index (κ3) is 32.3. The first-order valence-corrected chi connectivity index (χ1v) is 32.6. The van der Waals surface area contributed by atoms with Crippen LogP contribution in [-0.4, -0.2) is 283 Å².